The molecule has 0 aliphatic carbocycles. The molecule has 0 atom stereocenters. The molecule has 3 nitrogen and oxygen atoms in total. The SMILES string of the molecule is Fc1cncc(CNc2cccc(Cl)n2)c1. The number of halogens is 2. The quantitative estimate of drug-likeness (QED) is 0.835. The number of aromatic nitrogens is 2. The van der Waals surface area contributed by atoms with Gasteiger partial charge >= 0.3 is 0 Å². The summed E-state index contributed by atoms with van der Waals surface area (Å²) in [6, 6.07) is 6.70. The molecule has 1 N–H and O–H groups in total. The third-order valence-corrected chi connectivity index (χ3v) is 2.16. The van der Waals surface area contributed by atoms with Crippen LogP contribution < -0.4 is 5.32 Å². The van der Waals surface area contributed by atoms with Crippen LogP contribution >= 0.6 is 11.6 Å². The van der Waals surface area contributed by atoms with Gasteiger partial charge in [-0.3, -0.25) is 4.98 Å². The van der Waals surface area contributed by atoms with Crippen molar-refractivity contribution in [2.75, 3.05) is 5.32 Å². The van der Waals surface area contributed by atoms with Gasteiger partial charge in [-0.2, -0.15) is 0 Å². The Labute approximate surface area is 97.3 Å². The Hall–Kier alpha value is -1.68. The number of nitrogens with one attached hydrogen (secondary N) is 1. The lowest BCUT2D eigenvalue weighted by Gasteiger charge is -2.05. The first kappa shape index (κ1) is 10.8. The molecule has 0 bridgehead atoms. The molecule has 0 radical (unpaired) electrons. The van der Waals surface area contributed by atoms with Gasteiger partial charge in [-0.1, -0.05) is 17.7 Å². The topological polar surface area (TPSA) is 37.8 Å². The lowest BCUT2D eigenvalue weighted by atomic mass is 10.3. The van der Waals surface area contributed by atoms with Gasteiger partial charge in [-0.05, 0) is 23.8 Å². The van der Waals surface area contributed by atoms with Gasteiger partial charge in [0.2, 0.25) is 0 Å². The fourth-order valence-corrected chi connectivity index (χ4v) is 1.42. The maximum absolute atomic E-state index is 12.8. The van der Waals surface area contributed by atoms with Gasteiger partial charge in [0.05, 0.1) is 6.20 Å². The number of anilines is 1. The van der Waals surface area contributed by atoms with Crippen molar-refractivity contribution in [1.29, 1.82) is 0 Å². The van der Waals surface area contributed by atoms with Crippen molar-refractivity contribution in [2.24, 2.45) is 0 Å². The number of hydrogen-bond acceptors (Lipinski definition) is 3. The van der Waals surface area contributed by atoms with Crippen molar-refractivity contribution >= 4 is 17.4 Å². The minimum Gasteiger partial charge on any atom is -0.366 e. The Bertz CT molecular complexity index is 445. The van der Waals surface area contributed by atoms with E-state index in [1.54, 1.807) is 24.4 Å². The molecule has 0 unspecified atom stereocenters. The van der Waals surface area contributed by atoms with Crippen LogP contribution in [0.4, 0.5) is 10.2 Å². The Morgan fingerprint density at radius 3 is 2.94 bits per heavy atom. The van der Waals surface area contributed by atoms with Gasteiger partial charge in [0, 0.05) is 12.7 Å². The van der Waals surface area contributed by atoms with Crippen LogP contribution in [-0.4, -0.2) is 9.97 Å². The molecule has 0 saturated carbocycles. The average Bonchev–Trinajstić information content (AvgIpc) is 2.27. The number of pyridine rings is 2. The number of hydrogen-bond donors (Lipinski definition) is 1. The minimum absolute atomic E-state index is 0.349. The summed E-state index contributed by atoms with van der Waals surface area (Å²) < 4.78 is 12.8. The molecule has 16 heavy (non-hydrogen) atoms. The van der Waals surface area contributed by atoms with Crippen LogP contribution in [-0.2, 0) is 6.54 Å². The average molecular weight is 238 g/mol. The molecular weight excluding hydrogens is 229 g/mol. The summed E-state index contributed by atoms with van der Waals surface area (Å²) in [5, 5.41) is 3.45. The van der Waals surface area contributed by atoms with E-state index in [2.05, 4.69) is 15.3 Å². The molecule has 5 heteroatoms. The first-order valence-corrected chi connectivity index (χ1v) is 5.08. The van der Waals surface area contributed by atoms with E-state index in [1.807, 2.05) is 0 Å². The summed E-state index contributed by atoms with van der Waals surface area (Å²) in [5.41, 5.74) is 0.752. The summed E-state index contributed by atoms with van der Waals surface area (Å²) in [7, 11) is 0. The second-order valence-corrected chi connectivity index (χ2v) is 3.60. The molecule has 0 saturated heterocycles. The Balaban J connectivity index is 2.02. The van der Waals surface area contributed by atoms with Gasteiger partial charge in [-0.15, -0.1) is 0 Å². The first-order valence-electron chi connectivity index (χ1n) is 4.70. The summed E-state index contributed by atoms with van der Waals surface area (Å²) in [6.45, 7) is 0.456. The monoisotopic (exact) mass is 237 g/mol. The highest BCUT2D eigenvalue weighted by molar-refractivity contribution is 6.29. The normalized spacial score (nSPS) is 10.1. The van der Waals surface area contributed by atoms with E-state index in [9.17, 15) is 4.39 Å². The standard InChI is InChI=1S/C11H9ClFN3/c12-10-2-1-3-11(16-10)15-6-8-4-9(13)7-14-5-8/h1-5,7H,6H2,(H,15,16). The highest BCUT2D eigenvalue weighted by atomic mass is 35.5. The fraction of sp³-hybridized carbons (Fsp3) is 0.0909. The summed E-state index contributed by atoms with van der Waals surface area (Å²) in [4.78, 5) is 7.80. The van der Waals surface area contributed by atoms with Crippen LogP contribution in [0.1, 0.15) is 5.56 Å². The molecule has 2 aromatic heterocycles. The summed E-state index contributed by atoms with van der Waals surface area (Å²) >= 11 is 5.73. The Kier molecular flexibility index (Phi) is 3.31. The van der Waals surface area contributed by atoms with Crippen molar-refractivity contribution < 1.29 is 4.39 Å². The van der Waals surface area contributed by atoms with Gasteiger partial charge in [0.15, 0.2) is 0 Å². The zero-order valence-electron chi connectivity index (χ0n) is 8.32. The number of rotatable bonds is 3. The fourth-order valence-electron chi connectivity index (χ4n) is 1.25. The van der Waals surface area contributed by atoms with E-state index in [-0.39, 0.29) is 5.82 Å². The zero-order valence-corrected chi connectivity index (χ0v) is 9.08. The Morgan fingerprint density at radius 1 is 1.31 bits per heavy atom. The van der Waals surface area contributed by atoms with E-state index >= 15 is 0 Å². The van der Waals surface area contributed by atoms with Crippen LogP contribution in [0.3, 0.4) is 0 Å². The molecule has 2 heterocycles. The van der Waals surface area contributed by atoms with Crippen molar-refractivity contribution in [3.63, 3.8) is 0 Å². The molecule has 2 aromatic rings. The molecule has 0 spiro atoms. The second kappa shape index (κ2) is 4.90. The lowest BCUT2D eigenvalue weighted by molar-refractivity contribution is 0.619. The molecule has 0 fully saturated rings. The largest absolute Gasteiger partial charge is 0.366 e. The van der Waals surface area contributed by atoms with Crippen molar-refractivity contribution in [2.45, 2.75) is 6.54 Å². The smallest absolute Gasteiger partial charge is 0.141 e. The maximum Gasteiger partial charge on any atom is 0.141 e. The van der Waals surface area contributed by atoms with E-state index in [1.165, 1.54) is 12.3 Å². The van der Waals surface area contributed by atoms with Gasteiger partial charge in [-0.25, -0.2) is 9.37 Å². The van der Waals surface area contributed by atoms with E-state index in [4.69, 9.17) is 11.6 Å². The van der Waals surface area contributed by atoms with Gasteiger partial charge < -0.3 is 5.32 Å². The predicted molar refractivity (Wildman–Crippen MR) is 60.8 cm³/mol. The van der Waals surface area contributed by atoms with Crippen LogP contribution in [0, 0.1) is 5.82 Å². The van der Waals surface area contributed by atoms with E-state index < -0.39 is 0 Å². The number of nitrogens with zero attached hydrogens (tertiary/aromatic N) is 2. The summed E-state index contributed by atoms with van der Waals surface area (Å²) in [6.07, 6.45) is 2.77. The molecule has 0 aliphatic rings. The zero-order chi connectivity index (χ0) is 11.4. The summed E-state index contributed by atoms with van der Waals surface area (Å²) in [5.74, 6) is 0.301. The third kappa shape index (κ3) is 2.90. The molecule has 2 rings (SSSR count). The molecular formula is C11H9ClFN3. The lowest BCUT2D eigenvalue weighted by Crippen LogP contribution is -2.01. The van der Waals surface area contributed by atoms with Crippen LogP contribution in [0.15, 0.2) is 36.7 Å². The first-order chi connectivity index (χ1) is 7.74. The van der Waals surface area contributed by atoms with Crippen molar-refractivity contribution in [3.05, 3.63) is 53.2 Å². The van der Waals surface area contributed by atoms with Gasteiger partial charge in [0.25, 0.3) is 0 Å². The van der Waals surface area contributed by atoms with E-state index in [0.717, 1.165) is 5.56 Å². The van der Waals surface area contributed by atoms with Crippen LogP contribution in [0.5, 0.6) is 0 Å². The van der Waals surface area contributed by atoms with Crippen LogP contribution in [0.2, 0.25) is 5.15 Å². The predicted octanol–water partition coefficient (Wildman–Crippen LogP) is 2.88. The van der Waals surface area contributed by atoms with Crippen molar-refractivity contribution in [3.8, 4) is 0 Å². The Morgan fingerprint density at radius 2 is 2.19 bits per heavy atom. The van der Waals surface area contributed by atoms with Crippen LogP contribution in [0.25, 0.3) is 0 Å². The second-order valence-electron chi connectivity index (χ2n) is 3.21. The molecule has 0 aliphatic heterocycles. The van der Waals surface area contributed by atoms with Gasteiger partial charge in [0.1, 0.15) is 16.8 Å². The highest BCUT2D eigenvalue weighted by Crippen LogP contribution is 2.10. The molecule has 0 amide bonds. The highest BCUT2D eigenvalue weighted by Gasteiger charge is 1.98. The molecule has 0 aromatic carbocycles. The third-order valence-electron chi connectivity index (χ3n) is 1.95. The van der Waals surface area contributed by atoms with Crippen molar-refractivity contribution in [1.82, 2.24) is 9.97 Å². The van der Waals surface area contributed by atoms with E-state index in [0.29, 0.717) is 17.5 Å². The molecule has 82 valence electrons. The maximum atomic E-state index is 12.8. The minimum atomic E-state index is -0.349.